The second-order valence-corrected chi connectivity index (χ2v) is 3.89. The number of nitrogens with zero attached hydrogens (tertiary/aromatic N) is 1. The summed E-state index contributed by atoms with van der Waals surface area (Å²) in [5.74, 6) is 0. The molecule has 0 aliphatic carbocycles. The first-order valence-electron chi connectivity index (χ1n) is 5.02. The van der Waals surface area contributed by atoms with Crippen LogP contribution >= 0.6 is 0 Å². The van der Waals surface area contributed by atoms with Crippen LogP contribution in [-0.2, 0) is 4.74 Å². The first-order valence-corrected chi connectivity index (χ1v) is 5.02. The minimum Gasteiger partial charge on any atom is -0.385 e. The van der Waals surface area contributed by atoms with Crippen molar-refractivity contribution < 1.29 is 4.74 Å². The molecule has 2 unspecified atom stereocenters. The third-order valence-electron chi connectivity index (χ3n) is 2.32. The maximum atomic E-state index is 5.73. The Morgan fingerprint density at radius 2 is 2.00 bits per heavy atom. The third kappa shape index (κ3) is 6.99. The van der Waals surface area contributed by atoms with Crippen LogP contribution in [0.1, 0.15) is 26.7 Å². The van der Waals surface area contributed by atoms with E-state index in [0.717, 1.165) is 26.0 Å². The van der Waals surface area contributed by atoms with Gasteiger partial charge in [0.15, 0.2) is 0 Å². The predicted molar refractivity (Wildman–Crippen MR) is 56.9 cm³/mol. The molecule has 0 aromatic heterocycles. The van der Waals surface area contributed by atoms with Crippen LogP contribution < -0.4 is 5.73 Å². The van der Waals surface area contributed by atoms with Crippen molar-refractivity contribution in [3.8, 4) is 0 Å². The van der Waals surface area contributed by atoms with E-state index in [4.69, 9.17) is 10.5 Å². The second-order valence-electron chi connectivity index (χ2n) is 3.89. The van der Waals surface area contributed by atoms with E-state index in [1.807, 2.05) is 0 Å². The summed E-state index contributed by atoms with van der Waals surface area (Å²) in [6.07, 6.45) is 2.15. The van der Waals surface area contributed by atoms with E-state index in [1.54, 1.807) is 7.11 Å². The Morgan fingerprint density at radius 1 is 1.38 bits per heavy atom. The highest BCUT2D eigenvalue weighted by atomic mass is 16.5. The number of rotatable bonds is 7. The zero-order chi connectivity index (χ0) is 10.3. The van der Waals surface area contributed by atoms with Gasteiger partial charge in [0.1, 0.15) is 0 Å². The van der Waals surface area contributed by atoms with Crippen LogP contribution in [0.15, 0.2) is 0 Å². The molecule has 0 heterocycles. The van der Waals surface area contributed by atoms with Gasteiger partial charge in [-0.15, -0.1) is 0 Å². The van der Waals surface area contributed by atoms with E-state index in [1.165, 1.54) is 0 Å². The Bertz CT molecular complexity index is 117. The Balaban J connectivity index is 3.50. The zero-order valence-corrected chi connectivity index (χ0v) is 9.42. The summed E-state index contributed by atoms with van der Waals surface area (Å²) in [5, 5.41) is 0. The van der Waals surface area contributed by atoms with E-state index in [0.29, 0.717) is 12.1 Å². The van der Waals surface area contributed by atoms with Gasteiger partial charge in [0, 0.05) is 32.3 Å². The molecule has 0 aliphatic rings. The summed E-state index contributed by atoms with van der Waals surface area (Å²) in [4.78, 5) is 2.34. The molecule has 3 nitrogen and oxygen atoms in total. The maximum Gasteiger partial charge on any atom is 0.0474 e. The number of hydrogen-bond acceptors (Lipinski definition) is 3. The molecule has 3 heteroatoms. The van der Waals surface area contributed by atoms with Crippen molar-refractivity contribution in [3.05, 3.63) is 0 Å². The Kier molecular flexibility index (Phi) is 7.23. The second kappa shape index (κ2) is 7.30. The van der Waals surface area contributed by atoms with Gasteiger partial charge < -0.3 is 15.4 Å². The number of nitrogens with two attached hydrogens (primary N) is 1. The van der Waals surface area contributed by atoms with Gasteiger partial charge in [-0.05, 0) is 33.7 Å². The summed E-state index contributed by atoms with van der Waals surface area (Å²) < 4.78 is 5.00. The quantitative estimate of drug-likeness (QED) is 0.608. The average molecular weight is 188 g/mol. The Labute approximate surface area is 82.2 Å². The van der Waals surface area contributed by atoms with Crippen LogP contribution in [0.5, 0.6) is 0 Å². The predicted octanol–water partition coefficient (Wildman–Crippen LogP) is 1.08. The first-order chi connectivity index (χ1) is 6.07. The van der Waals surface area contributed by atoms with E-state index in [9.17, 15) is 0 Å². The van der Waals surface area contributed by atoms with Crippen molar-refractivity contribution in [3.63, 3.8) is 0 Å². The molecule has 0 saturated carbocycles. The highest BCUT2D eigenvalue weighted by Gasteiger charge is 2.10. The lowest BCUT2D eigenvalue weighted by molar-refractivity contribution is 0.164. The number of hydrogen-bond donors (Lipinski definition) is 1. The van der Waals surface area contributed by atoms with Crippen molar-refractivity contribution in [1.29, 1.82) is 0 Å². The lowest BCUT2D eigenvalue weighted by atomic mass is 10.1. The topological polar surface area (TPSA) is 38.5 Å². The molecule has 2 N–H and O–H groups in total. The minimum atomic E-state index is 0.292. The standard InChI is InChI=1S/C10H24N2O/c1-9(11)8-10(2)12(3)6-5-7-13-4/h9-10H,5-8,11H2,1-4H3. The fourth-order valence-corrected chi connectivity index (χ4v) is 1.40. The van der Waals surface area contributed by atoms with Crippen molar-refractivity contribution in [2.45, 2.75) is 38.8 Å². The minimum absolute atomic E-state index is 0.292. The lowest BCUT2D eigenvalue weighted by Crippen LogP contribution is -2.35. The summed E-state index contributed by atoms with van der Waals surface area (Å²) >= 11 is 0. The highest BCUT2D eigenvalue weighted by Crippen LogP contribution is 2.03. The van der Waals surface area contributed by atoms with Crippen LogP contribution in [0.3, 0.4) is 0 Å². The fraction of sp³-hybridized carbons (Fsp3) is 1.00. The van der Waals surface area contributed by atoms with Crippen LogP contribution in [0.25, 0.3) is 0 Å². The molecule has 0 rings (SSSR count). The maximum absolute atomic E-state index is 5.73. The van der Waals surface area contributed by atoms with Crippen molar-refractivity contribution in [2.75, 3.05) is 27.3 Å². The van der Waals surface area contributed by atoms with E-state index >= 15 is 0 Å². The average Bonchev–Trinajstić information content (AvgIpc) is 2.03. The zero-order valence-electron chi connectivity index (χ0n) is 9.42. The van der Waals surface area contributed by atoms with Gasteiger partial charge in [0.05, 0.1) is 0 Å². The van der Waals surface area contributed by atoms with Gasteiger partial charge in [-0.1, -0.05) is 0 Å². The number of methoxy groups -OCH3 is 1. The van der Waals surface area contributed by atoms with E-state index in [-0.39, 0.29) is 0 Å². The monoisotopic (exact) mass is 188 g/mol. The van der Waals surface area contributed by atoms with Gasteiger partial charge in [-0.2, -0.15) is 0 Å². The molecule has 0 radical (unpaired) electrons. The summed E-state index contributed by atoms with van der Waals surface area (Å²) in [7, 11) is 3.88. The third-order valence-corrected chi connectivity index (χ3v) is 2.32. The normalized spacial score (nSPS) is 16.2. The molecule has 0 fully saturated rings. The van der Waals surface area contributed by atoms with Gasteiger partial charge in [-0.3, -0.25) is 0 Å². The highest BCUT2D eigenvalue weighted by molar-refractivity contribution is 4.68. The molecule has 2 atom stereocenters. The molecule has 0 aliphatic heterocycles. The summed E-state index contributed by atoms with van der Waals surface area (Å²) in [6.45, 7) is 6.20. The van der Waals surface area contributed by atoms with Crippen LogP contribution in [0.4, 0.5) is 0 Å². The molecular formula is C10H24N2O. The molecule has 80 valence electrons. The van der Waals surface area contributed by atoms with Gasteiger partial charge in [0.25, 0.3) is 0 Å². The molecule has 0 saturated heterocycles. The molecule has 0 amide bonds. The molecule has 13 heavy (non-hydrogen) atoms. The summed E-state index contributed by atoms with van der Waals surface area (Å²) in [6, 6.07) is 0.858. The van der Waals surface area contributed by atoms with Gasteiger partial charge in [-0.25, -0.2) is 0 Å². The largest absolute Gasteiger partial charge is 0.385 e. The SMILES string of the molecule is COCCCN(C)C(C)CC(C)N. The summed E-state index contributed by atoms with van der Waals surface area (Å²) in [5.41, 5.74) is 5.73. The smallest absolute Gasteiger partial charge is 0.0474 e. The van der Waals surface area contributed by atoms with E-state index < -0.39 is 0 Å². The Morgan fingerprint density at radius 3 is 2.46 bits per heavy atom. The molecule has 0 aromatic carbocycles. The first kappa shape index (κ1) is 12.9. The van der Waals surface area contributed by atoms with E-state index in [2.05, 4.69) is 25.8 Å². The van der Waals surface area contributed by atoms with Gasteiger partial charge in [0.2, 0.25) is 0 Å². The fourth-order valence-electron chi connectivity index (χ4n) is 1.40. The van der Waals surface area contributed by atoms with Crippen molar-refractivity contribution in [1.82, 2.24) is 4.90 Å². The molecule has 0 spiro atoms. The van der Waals surface area contributed by atoms with Gasteiger partial charge >= 0.3 is 0 Å². The van der Waals surface area contributed by atoms with Crippen molar-refractivity contribution >= 4 is 0 Å². The molecule has 0 bridgehead atoms. The van der Waals surface area contributed by atoms with Crippen LogP contribution in [-0.4, -0.2) is 44.3 Å². The molecule has 0 aromatic rings. The van der Waals surface area contributed by atoms with Crippen molar-refractivity contribution in [2.24, 2.45) is 5.73 Å². The Hall–Kier alpha value is -0.120. The van der Waals surface area contributed by atoms with Crippen LogP contribution in [0.2, 0.25) is 0 Å². The van der Waals surface area contributed by atoms with Crippen LogP contribution in [0, 0.1) is 0 Å². The number of ether oxygens (including phenoxy) is 1. The molecular weight excluding hydrogens is 164 g/mol. The lowest BCUT2D eigenvalue weighted by Gasteiger charge is -2.25.